The Bertz CT molecular complexity index is 702. The molecule has 2 aliphatic rings. The fraction of sp³-hybridized carbons (Fsp3) is 0.550. The number of nitrogens with zero attached hydrogens (tertiary/aromatic N) is 5. The zero-order chi connectivity index (χ0) is 17.8. The van der Waals surface area contributed by atoms with Gasteiger partial charge in [0.05, 0.1) is 5.60 Å². The summed E-state index contributed by atoms with van der Waals surface area (Å²) >= 11 is 0. The minimum Gasteiger partial charge on any atom is -0.387 e. The summed E-state index contributed by atoms with van der Waals surface area (Å²) in [5.74, 6) is 0.650. The molecule has 1 atom stereocenters. The van der Waals surface area contributed by atoms with Crippen molar-refractivity contribution in [3.63, 3.8) is 0 Å². The van der Waals surface area contributed by atoms with Gasteiger partial charge in [-0.3, -0.25) is 9.88 Å². The summed E-state index contributed by atoms with van der Waals surface area (Å²) < 4.78 is 0. The number of rotatable bonds is 5. The van der Waals surface area contributed by atoms with Crippen LogP contribution in [0.5, 0.6) is 0 Å². The van der Waals surface area contributed by atoms with Crippen molar-refractivity contribution in [2.24, 2.45) is 0 Å². The van der Waals surface area contributed by atoms with E-state index in [1.807, 2.05) is 30.6 Å². The molecule has 26 heavy (non-hydrogen) atoms. The quantitative estimate of drug-likeness (QED) is 0.886. The Morgan fingerprint density at radius 1 is 0.962 bits per heavy atom. The molecule has 2 aromatic heterocycles. The smallest absolute Gasteiger partial charge is 0.178 e. The molecule has 6 nitrogen and oxygen atoms in total. The van der Waals surface area contributed by atoms with Gasteiger partial charge in [0.25, 0.3) is 0 Å². The summed E-state index contributed by atoms with van der Waals surface area (Å²) in [4.78, 5) is 17.9. The average Bonchev–Trinajstić information content (AvgIpc) is 3.04. The Hall–Kier alpha value is -1.89. The monoisotopic (exact) mass is 353 g/mol. The van der Waals surface area contributed by atoms with Crippen LogP contribution in [0, 0.1) is 0 Å². The van der Waals surface area contributed by atoms with Crippen molar-refractivity contribution in [2.45, 2.75) is 37.8 Å². The highest BCUT2D eigenvalue weighted by Crippen LogP contribution is 2.25. The van der Waals surface area contributed by atoms with E-state index in [9.17, 15) is 5.11 Å². The first-order valence-corrected chi connectivity index (χ1v) is 9.60. The lowest BCUT2D eigenvalue weighted by molar-refractivity contribution is 0.00634. The van der Waals surface area contributed by atoms with Gasteiger partial charge in [0.1, 0.15) is 5.69 Å². The molecule has 138 valence electrons. The predicted octanol–water partition coefficient (Wildman–Crippen LogP) is 1.96. The van der Waals surface area contributed by atoms with Crippen molar-refractivity contribution >= 4 is 0 Å². The number of pyridine rings is 1. The molecule has 6 heteroatoms. The Morgan fingerprint density at radius 2 is 1.77 bits per heavy atom. The topological polar surface area (TPSA) is 65.4 Å². The summed E-state index contributed by atoms with van der Waals surface area (Å²) in [5.41, 5.74) is 1.29. The van der Waals surface area contributed by atoms with Crippen LogP contribution in [-0.2, 0) is 6.54 Å². The van der Waals surface area contributed by atoms with Crippen LogP contribution in [0.3, 0.4) is 0 Å². The number of piperidine rings is 1. The minimum atomic E-state index is -0.577. The summed E-state index contributed by atoms with van der Waals surface area (Å²) in [6, 6.07) is 5.74. The highest BCUT2D eigenvalue weighted by atomic mass is 16.3. The fourth-order valence-electron chi connectivity index (χ4n) is 4.06. The van der Waals surface area contributed by atoms with Crippen LogP contribution in [0.25, 0.3) is 11.5 Å². The largest absolute Gasteiger partial charge is 0.387 e. The number of aliphatic hydroxyl groups is 1. The number of likely N-dealkylation sites (tertiary alicyclic amines) is 2. The van der Waals surface area contributed by atoms with E-state index in [1.54, 1.807) is 6.20 Å². The second-order valence-corrected chi connectivity index (χ2v) is 7.65. The van der Waals surface area contributed by atoms with E-state index in [2.05, 4.69) is 24.8 Å². The van der Waals surface area contributed by atoms with Crippen molar-refractivity contribution in [3.8, 4) is 11.5 Å². The molecule has 0 radical (unpaired) electrons. The van der Waals surface area contributed by atoms with E-state index < -0.39 is 5.60 Å². The molecular weight excluding hydrogens is 326 g/mol. The Morgan fingerprint density at radius 3 is 2.50 bits per heavy atom. The molecule has 0 unspecified atom stereocenters. The number of hydrogen-bond donors (Lipinski definition) is 1. The van der Waals surface area contributed by atoms with Crippen LogP contribution in [0.2, 0.25) is 0 Å². The Balaban J connectivity index is 1.33. The van der Waals surface area contributed by atoms with Crippen molar-refractivity contribution in [3.05, 3.63) is 42.4 Å². The third kappa shape index (κ3) is 4.26. The van der Waals surface area contributed by atoms with Crippen molar-refractivity contribution in [1.29, 1.82) is 0 Å². The summed E-state index contributed by atoms with van der Waals surface area (Å²) in [5, 5.41) is 11.0. The molecule has 0 amide bonds. The highest BCUT2D eigenvalue weighted by Gasteiger charge is 2.37. The van der Waals surface area contributed by atoms with Gasteiger partial charge < -0.3 is 10.0 Å². The van der Waals surface area contributed by atoms with Gasteiger partial charge in [-0.05, 0) is 44.5 Å². The zero-order valence-electron chi connectivity index (χ0n) is 15.2. The zero-order valence-corrected chi connectivity index (χ0v) is 15.2. The Labute approximate surface area is 154 Å². The van der Waals surface area contributed by atoms with E-state index in [1.165, 1.54) is 19.3 Å². The number of hydrogen-bond acceptors (Lipinski definition) is 6. The van der Waals surface area contributed by atoms with Crippen molar-refractivity contribution in [2.75, 3.05) is 32.7 Å². The molecule has 0 aromatic carbocycles. The van der Waals surface area contributed by atoms with E-state index >= 15 is 0 Å². The predicted molar refractivity (Wildman–Crippen MR) is 100 cm³/mol. The first kappa shape index (κ1) is 17.5. The summed E-state index contributed by atoms with van der Waals surface area (Å²) in [7, 11) is 0. The van der Waals surface area contributed by atoms with Crippen LogP contribution in [-0.4, -0.2) is 68.2 Å². The number of β-amino-alcohol motifs (C(OH)–C–C–N with tert-alkyl or cyclic N) is 1. The van der Waals surface area contributed by atoms with Crippen LogP contribution in [0.1, 0.15) is 31.2 Å². The molecule has 0 saturated carbocycles. The van der Waals surface area contributed by atoms with Gasteiger partial charge in [0, 0.05) is 50.3 Å². The van der Waals surface area contributed by atoms with Crippen molar-refractivity contribution < 1.29 is 5.11 Å². The minimum absolute atomic E-state index is 0.577. The van der Waals surface area contributed by atoms with Crippen LogP contribution in [0.4, 0.5) is 0 Å². The maximum Gasteiger partial charge on any atom is 0.178 e. The molecule has 0 aliphatic carbocycles. The van der Waals surface area contributed by atoms with Crippen LogP contribution in [0.15, 0.2) is 36.8 Å². The van der Waals surface area contributed by atoms with Crippen molar-refractivity contribution in [1.82, 2.24) is 24.8 Å². The van der Waals surface area contributed by atoms with E-state index in [-0.39, 0.29) is 0 Å². The first-order chi connectivity index (χ1) is 12.7. The highest BCUT2D eigenvalue weighted by molar-refractivity contribution is 5.47. The van der Waals surface area contributed by atoms with Gasteiger partial charge in [-0.1, -0.05) is 12.5 Å². The van der Waals surface area contributed by atoms with Crippen LogP contribution < -0.4 is 0 Å². The van der Waals surface area contributed by atoms with Crippen LogP contribution >= 0.6 is 0 Å². The molecule has 0 spiro atoms. The maximum atomic E-state index is 11.0. The third-order valence-electron chi connectivity index (χ3n) is 5.38. The molecule has 2 saturated heterocycles. The fourth-order valence-corrected chi connectivity index (χ4v) is 4.06. The summed E-state index contributed by atoms with van der Waals surface area (Å²) in [6.07, 6.45) is 10.2. The molecule has 4 rings (SSSR count). The lowest BCUT2D eigenvalue weighted by Crippen LogP contribution is -2.46. The van der Waals surface area contributed by atoms with Gasteiger partial charge in [-0.15, -0.1) is 0 Å². The lowest BCUT2D eigenvalue weighted by atomic mass is 10.0. The lowest BCUT2D eigenvalue weighted by Gasteiger charge is -2.33. The average molecular weight is 353 g/mol. The second kappa shape index (κ2) is 7.78. The van der Waals surface area contributed by atoms with E-state index in [0.717, 1.165) is 56.9 Å². The molecule has 2 aliphatic heterocycles. The maximum absolute atomic E-state index is 11.0. The van der Waals surface area contributed by atoms with Gasteiger partial charge in [-0.2, -0.15) is 0 Å². The molecule has 2 aromatic rings. The molecule has 1 N–H and O–H groups in total. The Kier molecular flexibility index (Phi) is 5.24. The molecule has 2 fully saturated rings. The number of aromatic nitrogens is 3. The molecule has 4 heterocycles. The molecular formula is C20H27N5O. The standard InChI is InChI=1S/C20H27N5O/c26-20(15-24-9-4-1-5-10-24)7-11-25(16-20)14-17-12-22-19(23-13-17)18-6-2-3-8-21-18/h2-3,6,8,12-13,26H,1,4-5,7,9-11,14-16H2/t20-/m0/s1. The van der Waals surface area contributed by atoms with Gasteiger partial charge >= 0.3 is 0 Å². The van der Waals surface area contributed by atoms with Gasteiger partial charge in [-0.25, -0.2) is 9.97 Å². The third-order valence-corrected chi connectivity index (χ3v) is 5.38. The van der Waals surface area contributed by atoms with E-state index in [0.29, 0.717) is 5.82 Å². The van der Waals surface area contributed by atoms with E-state index in [4.69, 9.17) is 0 Å². The van der Waals surface area contributed by atoms with Gasteiger partial charge in [0.15, 0.2) is 5.82 Å². The second-order valence-electron chi connectivity index (χ2n) is 7.65. The first-order valence-electron chi connectivity index (χ1n) is 9.60. The summed E-state index contributed by atoms with van der Waals surface area (Å²) in [6.45, 7) is 5.50. The SMILES string of the molecule is O[C@]1(CN2CCCCC2)CCN(Cc2cnc(-c3ccccn3)nc2)C1. The normalized spacial score (nSPS) is 24.8. The molecule has 0 bridgehead atoms. The van der Waals surface area contributed by atoms with Gasteiger partial charge in [0.2, 0.25) is 0 Å².